The molecule has 6 heteroatoms. The highest BCUT2D eigenvalue weighted by molar-refractivity contribution is 6.31. The molecule has 0 amide bonds. The first kappa shape index (κ1) is 14.9. The summed E-state index contributed by atoms with van der Waals surface area (Å²) in [6, 6.07) is 12.8. The number of rotatable bonds is 2. The average Bonchev–Trinajstić information content (AvgIpc) is 2.99. The molecule has 2 heterocycles. The van der Waals surface area contributed by atoms with Gasteiger partial charge in [0, 0.05) is 27.9 Å². The highest BCUT2D eigenvalue weighted by Crippen LogP contribution is 2.27. The van der Waals surface area contributed by atoms with E-state index in [-0.39, 0.29) is 0 Å². The van der Waals surface area contributed by atoms with E-state index in [1.54, 1.807) is 12.3 Å². The van der Waals surface area contributed by atoms with Crippen molar-refractivity contribution in [2.45, 2.75) is 6.17 Å². The molecule has 24 heavy (non-hydrogen) atoms. The number of nitrogens with one attached hydrogen (secondary N) is 2. The van der Waals surface area contributed by atoms with Crippen molar-refractivity contribution in [3.05, 3.63) is 76.7 Å². The van der Waals surface area contributed by atoms with Gasteiger partial charge in [0.25, 0.3) is 0 Å². The van der Waals surface area contributed by atoms with Crippen LogP contribution in [0.3, 0.4) is 0 Å². The Bertz CT molecular complexity index is 975. The van der Waals surface area contributed by atoms with Crippen molar-refractivity contribution in [3.63, 3.8) is 0 Å². The fraction of sp³-hybridized carbons (Fsp3) is 0.0556. The lowest BCUT2D eigenvalue weighted by atomic mass is 10.1. The number of benzene rings is 2. The third kappa shape index (κ3) is 2.58. The Morgan fingerprint density at radius 2 is 1.96 bits per heavy atom. The number of aromatic nitrogens is 1. The Hall–Kier alpha value is -2.63. The summed E-state index contributed by atoms with van der Waals surface area (Å²) in [6.07, 6.45) is 3.07. The Morgan fingerprint density at radius 3 is 2.75 bits per heavy atom. The number of fused-ring (bicyclic) bond motifs is 1. The fourth-order valence-corrected chi connectivity index (χ4v) is 3.04. The molecule has 4 rings (SSSR count). The monoisotopic (exact) mass is 340 g/mol. The predicted molar refractivity (Wildman–Crippen MR) is 95.3 cm³/mol. The van der Waals surface area contributed by atoms with Gasteiger partial charge in [0.1, 0.15) is 17.8 Å². The molecular weight excluding hydrogens is 327 g/mol. The van der Waals surface area contributed by atoms with Crippen LogP contribution in [-0.2, 0) is 0 Å². The Morgan fingerprint density at radius 1 is 1.17 bits per heavy atom. The second-order valence-corrected chi connectivity index (χ2v) is 5.99. The van der Waals surface area contributed by atoms with Crippen molar-refractivity contribution in [3.8, 4) is 0 Å². The smallest absolute Gasteiger partial charge is 0.148 e. The van der Waals surface area contributed by atoms with Crippen LogP contribution >= 0.6 is 11.6 Å². The van der Waals surface area contributed by atoms with Gasteiger partial charge in [-0.15, -0.1) is 0 Å². The molecule has 0 saturated heterocycles. The van der Waals surface area contributed by atoms with Gasteiger partial charge in [-0.2, -0.15) is 0 Å². The molecule has 2 aromatic carbocycles. The molecule has 1 atom stereocenters. The molecule has 0 fully saturated rings. The Balaban J connectivity index is 1.78. The predicted octanol–water partition coefficient (Wildman–Crippen LogP) is 3.64. The van der Waals surface area contributed by atoms with Crippen LogP contribution in [0.25, 0.3) is 16.6 Å². The first-order chi connectivity index (χ1) is 11.6. The number of hydrogen-bond acceptors (Lipinski definition) is 3. The zero-order valence-electron chi connectivity index (χ0n) is 12.6. The van der Waals surface area contributed by atoms with Crippen LogP contribution in [0.5, 0.6) is 0 Å². The molecule has 4 N–H and O–H groups in total. The molecule has 1 aliphatic rings. The van der Waals surface area contributed by atoms with Crippen molar-refractivity contribution < 1.29 is 4.39 Å². The Labute approximate surface area is 142 Å². The maximum atomic E-state index is 14.0. The standard InChI is InChI=1S/C18H14ClFN4/c19-11-6-12-13(9-22-17(12)14(20)7-11)18-23-15(8-16(21)24-18)10-4-2-1-3-5-10/h1-9,16,22H,21H2,(H,23,24). The molecule has 1 aliphatic heterocycles. The summed E-state index contributed by atoms with van der Waals surface area (Å²) in [7, 11) is 0. The normalized spacial score (nSPS) is 17.4. The lowest BCUT2D eigenvalue weighted by molar-refractivity contribution is 0.637. The van der Waals surface area contributed by atoms with E-state index in [0.29, 0.717) is 21.8 Å². The van der Waals surface area contributed by atoms with E-state index in [2.05, 4.69) is 15.3 Å². The minimum absolute atomic E-state index is 0.334. The van der Waals surface area contributed by atoms with Crippen molar-refractivity contribution in [2.75, 3.05) is 0 Å². The zero-order chi connectivity index (χ0) is 16.7. The van der Waals surface area contributed by atoms with Crippen LogP contribution in [-0.4, -0.2) is 17.0 Å². The van der Waals surface area contributed by atoms with Gasteiger partial charge in [-0.1, -0.05) is 41.9 Å². The number of hydrogen-bond donors (Lipinski definition) is 3. The lowest BCUT2D eigenvalue weighted by Gasteiger charge is -2.20. The van der Waals surface area contributed by atoms with Crippen LogP contribution in [0.2, 0.25) is 5.02 Å². The van der Waals surface area contributed by atoms with E-state index in [0.717, 1.165) is 16.8 Å². The van der Waals surface area contributed by atoms with E-state index in [1.807, 2.05) is 36.4 Å². The summed E-state index contributed by atoms with van der Waals surface area (Å²) in [5, 5.41) is 4.27. The van der Waals surface area contributed by atoms with E-state index in [1.165, 1.54) is 6.07 Å². The molecule has 4 nitrogen and oxygen atoms in total. The topological polar surface area (TPSA) is 66.2 Å². The van der Waals surface area contributed by atoms with Gasteiger partial charge in [0.05, 0.1) is 5.52 Å². The first-order valence-corrected chi connectivity index (χ1v) is 7.84. The highest BCUT2D eigenvalue weighted by Gasteiger charge is 2.19. The maximum Gasteiger partial charge on any atom is 0.148 e. The molecule has 0 bridgehead atoms. The molecule has 0 saturated carbocycles. The number of halogens is 2. The minimum atomic E-state index is -0.481. The van der Waals surface area contributed by atoms with Gasteiger partial charge in [0.2, 0.25) is 0 Å². The molecule has 120 valence electrons. The van der Waals surface area contributed by atoms with Crippen molar-refractivity contribution in [1.29, 1.82) is 0 Å². The number of aliphatic imine (C=N–C) groups is 1. The molecule has 0 radical (unpaired) electrons. The molecule has 1 aromatic heterocycles. The molecule has 1 unspecified atom stereocenters. The Kier molecular flexibility index (Phi) is 3.59. The van der Waals surface area contributed by atoms with Gasteiger partial charge in [-0.05, 0) is 23.8 Å². The summed E-state index contributed by atoms with van der Waals surface area (Å²) in [4.78, 5) is 7.37. The van der Waals surface area contributed by atoms with Crippen molar-refractivity contribution in [1.82, 2.24) is 10.3 Å². The van der Waals surface area contributed by atoms with Crippen LogP contribution in [0.1, 0.15) is 11.1 Å². The maximum absolute atomic E-state index is 14.0. The van der Waals surface area contributed by atoms with Crippen LogP contribution in [0, 0.1) is 5.82 Å². The zero-order valence-corrected chi connectivity index (χ0v) is 13.3. The summed E-state index contributed by atoms with van der Waals surface area (Å²) in [5.41, 5.74) is 9.04. The number of amidine groups is 1. The second kappa shape index (κ2) is 5.78. The molecular formula is C18H14ClFN4. The number of nitrogens with zero attached hydrogens (tertiary/aromatic N) is 1. The molecule has 0 aliphatic carbocycles. The second-order valence-electron chi connectivity index (χ2n) is 5.55. The molecule has 0 spiro atoms. The third-order valence-corrected chi connectivity index (χ3v) is 4.13. The van der Waals surface area contributed by atoms with Crippen molar-refractivity contribution in [2.24, 2.45) is 10.7 Å². The van der Waals surface area contributed by atoms with Gasteiger partial charge < -0.3 is 16.0 Å². The van der Waals surface area contributed by atoms with E-state index < -0.39 is 12.0 Å². The first-order valence-electron chi connectivity index (χ1n) is 7.46. The van der Waals surface area contributed by atoms with Gasteiger partial charge >= 0.3 is 0 Å². The largest absolute Gasteiger partial charge is 0.358 e. The van der Waals surface area contributed by atoms with Gasteiger partial charge in [-0.25, -0.2) is 9.38 Å². The summed E-state index contributed by atoms with van der Waals surface area (Å²) < 4.78 is 14.0. The number of nitrogens with two attached hydrogens (primary N) is 1. The third-order valence-electron chi connectivity index (χ3n) is 3.91. The molecule has 3 aromatic rings. The summed E-state index contributed by atoms with van der Waals surface area (Å²) in [5.74, 6) is 0.181. The van der Waals surface area contributed by atoms with Crippen LogP contribution < -0.4 is 11.1 Å². The van der Waals surface area contributed by atoms with Crippen LogP contribution in [0.15, 0.2) is 59.7 Å². The van der Waals surface area contributed by atoms with Crippen molar-refractivity contribution >= 4 is 34.0 Å². The van der Waals surface area contributed by atoms with Gasteiger partial charge in [0.15, 0.2) is 0 Å². The van der Waals surface area contributed by atoms with E-state index in [4.69, 9.17) is 17.3 Å². The summed E-state index contributed by atoms with van der Waals surface area (Å²) in [6.45, 7) is 0. The minimum Gasteiger partial charge on any atom is -0.358 e. The summed E-state index contributed by atoms with van der Waals surface area (Å²) >= 11 is 5.99. The number of aromatic amines is 1. The van der Waals surface area contributed by atoms with Gasteiger partial charge in [-0.3, -0.25) is 0 Å². The fourth-order valence-electron chi connectivity index (χ4n) is 2.83. The quantitative estimate of drug-likeness (QED) is 0.667. The number of H-pyrrole nitrogens is 1. The average molecular weight is 341 g/mol. The van der Waals surface area contributed by atoms with Crippen LogP contribution in [0.4, 0.5) is 4.39 Å². The SMILES string of the molecule is NC1C=C(c2ccccc2)NC(c2c[nH]c3c(F)cc(Cl)cc23)=N1. The van der Waals surface area contributed by atoms with E-state index in [9.17, 15) is 4.39 Å². The lowest BCUT2D eigenvalue weighted by Crippen LogP contribution is -2.32. The van der Waals surface area contributed by atoms with E-state index >= 15 is 0 Å². The highest BCUT2D eigenvalue weighted by atomic mass is 35.5.